The third kappa shape index (κ3) is 3.93. The van der Waals surface area contributed by atoms with Gasteiger partial charge in [-0.1, -0.05) is 37.7 Å². The number of thiophene rings is 1. The summed E-state index contributed by atoms with van der Waals surface area (Å²) in [6.07, 6.45) is 0. The summed E-state index contributed by atoms with van der Waals surface area (Å²) in [5, 5.41) is 0. The molecule has 0 aliphatic carbocycles. The molecule has 3 nitrogen and oxygen atoms in total. The van der Waals surface area contributed by atoms with Gasteiger partial charge in [-0.05, 0) is 18.1 Å². The number of hydrogen-bond donors (Lipinski definition) is 1. The number of thiocarbonyl (C=S) groups is 1. The molecule has 18 heavy (non-hydrogen) atoms. The van der Waals surface area contributed by atoms with Gasteiger partial charge in [0, 0.05) is 11.9 Å². The first kappa shape index (κ1) is 15.4. The Morgan fingerprint density at radius 1 is 1.56 bits per heavy atom. The van der Waals surface area contributed by atoms with Crippen molar-refractivity contribution in [2.45, 2.75) is 20.4 Å². The van der Waals surface area contributed by atoms with E-state index in [0.717, 1.165) is 9.21 Å². The molecule has 0 aliphatic rings. The van der Waals surface area contributed by atoms with Gasteiger partial charge in [0.1, 0.15) is 0 Å². The monoisotopic (exact) mass is 304 g/mol. The molecule has 1 heterocycles. The summed E-state index contributed by atoms with van der Waals surface area (Å²) in [6, 6.07) is 3.75. The number of rotatable bonds is 5. The van der Waals surface area contributed by atoms with Gasteiger partial charge >= 0.3 is 0 Å². The van der Waals surface area contributed by atoms with E-state index in [9.17, 15) is 4.79 Å². The Hall–Kier alpha value is -0.650. The van der Waals surface area contributed by atoms with Crippen LogP contribution in [0.2, 0.25) is 4.34 Å². The van der Waals surface area contributed by atoms with E-state index < -0.39 is 5.92 Å². The second-order valence-electron chi connectivity index (χ2n) is 4.52. The van der Waals surface area contributed by atoms with Gasteiger partial charge in [-0.3, -0.25) is 4.79 Å². The first-order valence-electron chi connectivity index (χ1n) is 5.61. The molecule has 1 unspecified atom stereocenters. The van der Waals surface area contributed by atoms with Crippen LogP contribution in [0, 0.1) is 11.8 Å². The molecule has 0 fully saturated rings. The van der Waals surface area contributed by atoms with E-state index in [-0.39, 0.29) is 16.8 Å². The zero-order chi connectivity index (χ0) is 13.9. The van der Waals surface area contributed by atoms with Crippen LogP contribution < -0.4 is 5.73 Å². The number of halogens is 1. The highest BCUT2D eigenvalue weighted by molar-refractivity contribution is 7.80. The van der Waals surface area contributed by atoms with Gasteiger partial charge < -0.3 is 10.6 Å². The average molecular weight is 305 g/mol. The number of amides is 1. The molecule has 0 radical (unpaired) electrons. The second kappa shape index (κ2) is 6.50. The highest BCUT2D eigenvalue weighted by atomic mass is 35.5. The van der Waals surface area contributed by atoms with Crippen molar-refractivity contribution in [3.05, 3.63) is 21.3 Å². The maximum absolute atomic E-state index is 12.3. The maximum atomic E-state index is 12.3. The van der Waals surface area contributed by atoms with Crippen LogP contribution in [-0.4, -0.2) is 22.8 Å². The maximum Gasteiger partial charge on any atom is 0.232 e. The topological polar surface area (TPSA) is 46.3 Å². The minimum atomic E-state index is -0.402. The van der Waals surface area contributed by atoms with Gasteiger partial charge in [-0.2, -0.15) is 0 Å². The lowest BCUT2D eigenvalue weighted by molar-refractivity contribution is -0.133. The van der Waals surface area contributed by atoms with E-state index in [1.54, 1.807) is 11.9 Å². The third-order valence-electron chi connectivity index (χ3n) is 2.64. The van der Waals surface area contributed by atoms with E-state index in [1.165, 1.54) is 11.3 Å². The van der Waals surface area contributed by atoms with E-state index >= 15 is 0 Å². The zero-order valence-corrected chi connectivity index (χ0v) is 13.0. The Morgan fingerprint density at radius 2 is 2.17 bits per heavy atom. The number of nitrogens with two attached hydrogens (primary N) is 1. The van der Waals surface area contributed by atoms with Crippen LogP contribution in [0.5, 0.6) is 0 Å². The molecule has 0 saturated heterocycles. The van der Waals surface area contributed by atoms with Crippen LogP contribution >= 0.6 is 35.2 Å². The highest BCUT2D eigenvalue weighted by Crippen LogP contribution is 2.23. The lowest BCUT2D eigenvalue weighted by Gasteiger charge is -2.25. The molecule has 0 spiro atoms. The molecular weight excluding hydrogens is 288 g/mol. The lowest BCUT2D eigenvalue weighted by atomic mass is 9.94. The molecule has 1 atom stereocenters. The van der Waals surface area contributed by atoms with Crippen molar-refractivity contribution in [2.75, 3.05) is 7.05 Å². The summed E-state index contributed by atoms with van der Waals surface area (Å²) < 4.78 is 0.723. The molecule has 0 aliphatic heterocycles. The quantitative estimate of drug-likeness (QED) is 0.851. The van der Waals surface area contributed by atoms with Crippen LogP contribution in [0.3, 0.4) is 0 Å². The summed E-state index contributed by atoms with van der Waals surface area (Å²) in [5.41, 5.74) is 5.64. The molecule has 1 aromatic rings. The molecular formula is C12H17ClN2OS2. The Bertz CT molecular complexity index is 445. The van der Waals surface area contributed by atoms with E-state index in [0.29, 0.717) is 6.54 Å². The van der Waals surface area contributed by atoms with E-state index in [1.807, 2.05) is 26.0 Å². The Labute approximate surface area is 122 Å². The summed E-state index contributed by atoms with van der Waals surface area (Å²) in [6.45, 7) is 4.41. The van der Waals surface area contributed by atoms with E-state index in [2.05, 4.69) is 0 Å². The van der Waals surface area contributed by atoms with Crippen molar-refractivity contribution in [1.29, 1.82) is 0 Å². The summed E-state index contributed by atoms with van der Waals surface area (Å²) in [5.74, 6) is -0.341. The van der Waals surface area contributed by atoms with Gasteiger partial charge in [-0.25, -0.2) is 0 Å². The van der Waals surface area contributed by atoms with Gasteiger partial charge in [-0.15, -0.1) is 11.3 Å². The van der Waals surface area contributed by atoms with Crippen LogP contribution in [-0.2, 0) is 11.3 Å². The average Bonchev–Trinajstić information content (AvgIpc) is 2.62. The fraction of sp³-hybridized carbons (Fsp3) is 0.500. The van der Waals surface area contributed by atoms with Gasteiger partial charge in [0.2, 0.25) is 5.91 Å². The Kier molecular flexibility index (Phi) is 5.56. The second-order valence-corrected chi connectivity index (χ2v) is 6.80. The number of carbonyl (C=O) groups excluding carboxylic acids is 1. The number of carbonyl (C=O) groups is 1. The Balaban J connectivity index is 2.73. The molecule has 1 rings (SSSR count). The molecule has 6 heteroatoms. The summed E-state index contributed by atoms with van der Waals surface area (Å²) >= 11 is 12.3. The Morgan fingerprint density at radius 3 is 2.56 bits per heavy atom. The predicted molar refractivity (Wildman–Crippen MR) is 80.9 cm³/mol. The summed E-state index contributed by atoms with van der Waals surface area (Å²) in [7, 11) is 1.75. The van der Waals surface area contributed by atoms with Crippen molar-refractivity contribution in [3.63, 3.8) is 0 Å². The van der Waals surface area contributed by atoms with Gasteiger partial charge in [0.25, 0.3) is 0 Å². The molecule has 2 N–H and O–H groups in total. The van der Waals surface area contributed by atoms with Crippen molar-refractivity contribution in [1.82, 2.24) is 4.90 Å². The molecule has 1 amide bonds. The smallest absolute Gasteiger partial charge is 0.232 e. The molecule has 100 valence electrons. The third-order valence-corrected chi connectivity index (χ3v) is 4.11. The minimum absolute atomic E-state index is 0.0398. The van der Waals surface area contributed by atoms with Gasteiger partial charge in [0.05, 0.1) is 21.8 Å². The SMILES string of the molecule is CC(C)C(C(=O)N(C)Cc1ccc(Cl)s1)C(N)=S. The van der Waals surface area contributed by atoms with Gasteiger partial charge in [0.15, 0.2) is 0 Å². The molecule has 0 saturated carbocycles. The minimum Gasteiger partial charge on any atom is -0.393 e. The van der Waals surface area contributed by atoms with Crippen LogP contribution in [0.4, 0.5) is 0 Å². The van der Waals surface area contributed by atoms with Crippen LogP contribution in [0.15, 0.2) is 12.1 Å². The van der Waals surface area contributed by atoms with E-state index in [4.69, 9.17) is 29.6 Å². The molecule has 0 aromatic carbocycles. The predicted octanol–water partition coefficient (Wildman–Crippen LogP) is 2.92. The zero-order valence-electron chi connectivity index (χ0n) is 10.6. The lowest BCUT2D eigenvalue weighted by Crippen LogP contribution is -2.41. The number of nitrogens with zero attached hydrogens (tertiary/aromatic N) is 1. The number of hydrogen-bond acceptors (Lipinski definition) is 3. The first-order chi connectivity index (χ1) is 8.32. The summed E-state index contributed by atoms with van der Waals surface area (Å²) in [4.78, 5) is 15.2. The van der Waals surface area contributed by atoms with Crippen molar-refractivity contribution < 1.29 is 4.79 Å². The fourth-order valence-electron chi connectivity index (χ4n) is 1.72. The molecule has 0 bridgehead atoms. The van der Waals surface area contributed by atoms with Crippen molar-refractivity contribution in [2.24, 2.45) is 17.6 Å². The highest BCUT2D eigenvalue weighted by Gasteiger charge is 2.27. The van der Waals surface area contributed by atoms with Crippen molar-refractivity contribution in [3.8, 4) is 0 Å². The van der Waals surface area contributed by atoms with Crippen LogP contribution in [0.1, 0.15) is 18.7 Å². The fourth-order valence-corrected chi connectivity index (χ4v) is 3.24. The van der Waals surface area contributed by atoms with Crippen molar-refractivity contribution >= 4 is 46.1 Å². The normalized spacial score (nSPS) is 12.5. The largest absolute Gasteiger partial charge is 0.393 e. The standard InChI is InChI=1S/C12H17ClN2OS2/c1-7(2)10(11(14)17)12(16)15(3)6-8-4-5-9(13)18-8/h4-5,7,10H,6H2,1-3H3,(H2,14,17). The van der Waals surface area contributed by atoms with Crippen LogP contribution in [0.25, 0.3) is 0 Å². The first-order valence-corrected chi connectivity index (χ1v) is 7.21. The molecule has 1 aromatic heterocycles.